The molecule has 0 aromatic rings. The summed E-state index contributed by atoms with van der Waals surface area (Å²) in [6.45, 7) is 5.24. The number of nitrogens with two attached hydrogens (primary N) is 1. The fraction of sp³-hybridized carbons (Fsp3) is 0.917. The smallest absolute Gasteiger partial charge is 0.238 e. The summed E-state index contributed by atoms with van der Waals surface area (Å²) in [6.07, 6.45) is 4.19. The number of piperidine rings is 1. The van der Waals surface area contributed by atoms with Gasteiger partial charge in [-0.2, -0.15) is 0 Å². The third-order valence-corrected chi connectivity index (χ3v) is 4.43. The molecular weight excluding hydrogens is 202 g/mol. The zero-order chi connectivity index (χ0) is 11.8. The van der Waals surface area contributed by atoms with Crippen LogP contribution in [0.25, 0.3) is 0 Å². The van der Waals surface area contributed by atoms with Crippen LogP contribution in [0.15, 0.2) is 0 Å². The predicted molar refractivity (Wildman–Crippen MR) is 64.1 cm³/mol. The SMILES string of the molecule is CC1CC(C(N)=O)(N2CCCC2)CCN1C. The van der Waals surface area contributed by atoms with Crippen molar-refractivity contribution in [3.8, 4) is 0 Å². The quantitative estimate of drug-likeness (QED) is 0.741. The lowest BCUT2D eigenvalue weighted by atomic mass is 9.81. The summed E-state index contributed by atoms with van der Waals surface area (Å²) in [5.74, 6) is -0.116. The van der Waals surface area contributed by atoms with Gasteiger partial charge in [0.15, 0.2) is 0 Å². The molecule has 0 radical (unpaired) electrons. The van der Waals surface area contributed by atoms with Gasteiger partial charge in [0.05, 0.1) is 0 Å². The van der Waals surface area contributed by atoms with Crippen molar-refractivity contribution in [1.29, 1.82) is 0 Å². The molecule has 2 fully saturated rings. The van der Waals surface area contributed by atoms with E-state index in [1.807, 2.05) is 0 Å². The van der Waals surface area contributed by atoms with E-state index in [-0.39, 0.29) is 11.4 Å². The van der Waals surface area contributed by atoms with Gasteiger partial charge in [-0.1, -0.05) is 0 Å². The fourth-order valence-corrected chi connectivity index (χ4v) is 3.14. The van der Waals surface area contributed by atoms with Gasteiger partial charge in [0.1, 0.15) is 5.54 Å². The highest BCUT2D eigenvalue weighted by atomic mass is 16.1. The number of nitrogens with zero attached hydrogens (tertiary/aromatic N) is 2. The van der Waals surface area contributed by atoms with Crippen molar-refractivity contribution in [1.82, 2.24) is 9.80 Å². The second-order valence-electron chi connectivity index (χ2n) is 5.37. The molecule has 2 heterocycles. The Balaban J connectivity index is 2.19. The number of amides is 1. The van der Waals surface area contributed by atoms with E-state index >= 15 is 0 Å². The first kappa shape index (κ1) is 11.9. The molecular formula is C12H23N3O. The highest BCUT2D eigenvalue weighted by Crippen LogP contribution is 2.34. The Morgan fingerprint density at radius 2 is 1.94 bits per heavy atom. The summed E-state index contributed by atoms with van der Waals surface area (Å²) in [6, 6.07) is 0.446. The molecule has 0 aromatic heterocycles. The highest BCUT2D eigenvalue weighted by molar-refractivity contribution is 5.85. The average molecular weight is 225 g/mol. The highest BCUT2D eigenvalue weighted by Gasteiger charge is 2.47. The minimum absolute atomic E-state index is 0.116. The fourth-order valence-electron chi connectivity index (χ4n) is 3.14. The first-order valence-corrected chi connectivity index (χ1v) is 6.31. The number of likely N-dealkylation sites (tertiary alicyclic amines) is 2. The van der Waals surface area contributed by atoms with Crippen molar-refractivity contribution in [2.45, 2.75) is 44.2 Å². The van der Waals surface area contributed by atoms with E-state index in [9.17, 15) is 4.79 Å². The molecule has 0 aliphatic carbocycles. The van der Waals surface area contributed by atoms with Crippen molar-refractivity contribution in [2.24, 2.45) is 5.73 Å². The van der Waals surface area contributed by atoms with E-state index < -0.39 is 0 Å². The van der Waals surface area contributed by atoms with Crippen molar-refractivity contribution in [2.75, 3.05) is 26.7 Å². The summed E-state index contributed by atoms with van der Waals surface area (Å²) in [5, 5.41) is 0. The van der Waals surface area contributed by atoms with Crippen LogP contribution in [0.3, 0.4) is 0 Å². The topological polar surface area (TPSA) is 49.6 Å². The van der Waals surface area contributed by atoms with Gasteiger partial charge < -0.3 is 10.6 Å². The van der Waals surface area contributed by atoms with E-state index in [1.54, 1.807) is 0 Å². The standard InChI is InChI=1S/C12H23N3O/c1-10-9-12(11(13)16,5-8-14(10)2)15-6-3-4-7-15/h10H,3-9H2,1-2H3,(H2,13,16). The van der Waals surface area contributed by atoms with Crippen LogP contribution < -0.4 is 5.73 Å². The Hall–Kier alpha value is -0.610. The second kappa shape index (κ2) is 4.34. The van der Waals surface area contributed by atoms with Gasteiger partial charge in [-0.3, -0.25) is 9.69 Å². The molecule has 1 amide bonds. The maximum Gasteiger partial charge on any atom is 0.238 e. The molecule has 2 aliphatic heterocycles. The lowest BCUT2D eigenvalue weighted by molar-refractivity contribution is -0.134. The van der Waals surface area contributed by atoms with Gasteiger partial charge in [0.2, 0.25) is 5.91 Å². The number of carbonyl (C=O) groups is 1. The molecule has 4 heteroatoms. The van der Waals surface area contributed by atoms with Crippen LogP contribution in [-0.2, 0) is 4.79 Å². The predicted octanol–water partition coefficient (Wildman–Crippen LogP) is 0.420. The normalized spacial score (nSPS) is 37.8. The van der Waals surface area contributed by atoms with Crippen LogP contribution in [0.4, 0.5) is 0 Å². The molecule has 2 N–H and O–H groups in total. The average Bonchev–Trinajstić information content (AvgIpc) is 2.75. The molecule has 4 nitrogen and oxygen atoms in total. The van der Waals surface area contributed by atoms with Crippen LogP contribution in [0, 0.1) is 0 Å². The van der Waals surface area contributed by atoms with Crippen molar-refractivity contribution >= 4 is 5.91 Å². The van der Waals surface area contributed by atoms with E-state index in [0.29, 0.717) is 6.04 Å². The molecule has 0 bridgehead atoms. The van der Waals surface area contributed by atoms with E-state index in [0.717, 1.165) is 32.5 Å². The maximum absolute atomic E-state index is 11.9. The molecule has 0 spiro atoms. The Bertz CT molecular complexity index is 275. The number of hydrogen-bond acceptors (Lipinski definition) is 3. The molecule has 2 atom stereocenters. The van der Waals surface area contributed by atoms with Gasteiger partial charge in [0.25, 0.3) is 0 Å². The Kier molecular flexibility index (Phi) is 3.22. The first-order valence-electron chi connectivity index (χ1n) is 6.31. The largest absolute Gasteiger partial charge is 0.368 e. The lowest BCUT2D eigenvalue weighted by Gasteiger charge is -2.47. The Morgan fingerprint density at radius 1 is 1.31 bits per heavy atom. The van der Waals surface area contributed by atoms with Crippen molar-refractivity contribution in [3.05, 3.63) is 0 Å². The summed E-state index contributed by atoms with van der Waals surface area (Å²) in [4.78, 5) is 16.5. The third kappa shape index (κ3) is 1.84. The molecule has 0 aromatic carbocycles. The Morgan fingerprint density at radius 3 is 2.44 bits per heavy atom. The van der Waals surface area contributed by atoms with Gasteiger partial charge in [-0.15, -0.1) is 0 Å². The van der Waals surface area contributed by atoms with Gasteiger partial charge in [0, 0.05) is 12.6 Å². The summed E-state index contributed by atoms with van der Waals surface area (Å²) in [7, 11) is 2.12. The van der Waals surface area contributed by atoms with Crippen LogP contribution in [0.1, 0.15) is 32.6 Å². The lowest BCUT2D eigenvalue weighted by Crippen LogP contribution is -2.63. The zero-order valence-corrected chi connectivity index (χ0v) is 10.4. The van der Waals surface area contributed by atoms with E-state index in [1.165, 1.54) is 12.8 Å². The number of primary amides is 1. The van der Waals surface area contributed by atoms with E-state index in [4.69, 9.17) is 5.73 Å². The molecule has 2 rings (SSSR count). The summed E-state index contributed by atoms with van der Waals surface area (Å²) in [5.41, 5.74) is 5.33. The minimum Gasteiger partial charge on any atom is -0.368 e. The van der Waals surface area contributed by atoms with Crippen molar-refractivity contribution in [3.63, 3.8) is 0 Å². The monoisotopic (exact) mass is 225 g/mol. The van der Waals surface area contributed by atoms with Gasteiger partial charge >= 0.3 is 0 Å². The van der Waals surface area contributed by atoms with Crippen LogP contribution >= 0.6 is 0 Å². The maximum atomic E-state index is 11.9. The van der Waals surface area contributed by atoms with Crippen molar-refractivity contribution < 1.29 is 4.79 Å². The van der Waals surface area contributed by atoms with Gasteiger partial charge in [-0.05, 0) is 52.7 Å². The molecule has 2 saturated heterocycles. The Labute approximate surface area is 97.8 Å². The first-order chi connectivity index (χ1) is 7.56. The molecule has 2 aliphatic rings. The number of hydrogen-bond donors (Lipinski definition) is 1. The third-order valence-electron chi connectivity index (χ3n) is 4.43. The van der Waals surface area contributed by atoms with Crippen LogP contribution in [0.5, 0.6) is 0 Å². The minimum atomic E-state index is -0.359. The number of rotatable bonds is 2. The zero-order valence-electron chi connectivity index (χ0n) is 10.4. The second-order valence-corrected chi connectivity index (χ2v) is 5.37. The summed E-state index contributed by atoms with van der Waals surface area (Å²) >= 11 is 0. The number of carbonyl (C=O) groups excluding carboxylic acids is 1. The van der Waals surface area contributed by atoms with Crippen LogP contribution in [-0.4, -0.2) is 54.0 Å². The molecule has 0 saturated carbocycles. The molecule has 92 valence electrons. The molecule has 16 heavy (non-hydrogen) atoms. The summed E-state index contributed by atoms with van der Waals surface area (Å²) < 4.78 is 0. The van der Waals surface area contributed by atoms with Gasteiger partial charge in [-0.25, -0.2) is 0 Å². The van der Waals surface area contributed by atoms with Crippen LogP contribution in [0.2, 0.25) is 0 Å². The van der Waals surface area contributed by atoms with E-state index in [2.05, 4.69) is 23.8 Å². The molecule has 2 unspecified atom stereocenters.